The number of hydrogen-bond acceptors (Lipinski definition) is 3. The molecule has 20 heavy (non-hydrogen) atoms. The van der Waals surface area contributed by atoms with E-state index in [1.165, 1.54) is 6.07 Å². The van der Waals surface area contributed by atoms with Crippen LogP contribution >= 0.6 is 0 Å². The highest BCUT2D eigenvalue weighted by molar-refractivity contribution is 5.85. The number of amides is 2. The maximum atomic E-state index is 13.9. The summed E-state index contributed by atoms with van der Waals surface area (Å²) in [5.74, 6) is -0.340. The van der Waals surface area contributed by atoms with Gasteiger partial charge >= 0.3 is 0 Å². The second-order valence-electron chi connectivity index (χ2n) is 5.16. The number of imide groups is 1. The minimum Gasteiger partial charge on any atom is -0.380 e. The molecule has 0 fully saturated rings. The van der Waals surface area contributed by atoms with Crippen molar-refractivity contribution in [1.29, 1.82) is 0 Å². The van der Waals surface area contributed by atoms with Crippen LogP contribution in [0.15, 0.2) is 18.2 Å². The van der Waals surface area contributed by atoms with Gasteiger partial charge in [0.15, 0.2) is 0 Å². The van der Waals surface area contributed by atoms with Crippen LogP contribution in [0.5, 0.6) is 0 Å². The van der Waals surface area contributed by atoms with Crippen LogP contribution in [0.1, 0.15) is 45.1 Å². The van der Waals surface area contributed by atoms with Gasteiger partial charge in [0.1, 0.15) is 5.82 Å². The third-order valence-corrected chi connectivity index (χ3v) is 3.09. The molecule has 110 valence electrons. The largest absolute Gasteiger partial charge is 0.380 e. The maximum absolute atomic E-state index is 13.9. The van der Waals surface area contributed by atoms with Crippen molar-refractivity contribution < 1.29 is 14.0 Å². The van der Waals surface area contributed by atoms with E-state index in [2.05, 4.69) is 10.6 Å². The van der Waals surface area contributed by atoms with Crippen LogP contribution in [0.4, 0.5) is 10.1 Å². The Bertz CT molecular complexity index is 475. The van der Waals surface area contributed by atoms with Gasteiger partial charge in [-0.15, -0.1) is 0 Å². The van der Waals surface area contributed by atoms with Gasteiger partial charge in [-0.1, -0.05) is 19.9 Å². The van der Waals surface area contributed by atoms with Crippen molar-refractivity contribution in [3.63, 3.8) is 0 Å². The standard InChI is InChI=1S/C15H21FN2O2/c1-10(2)12-5-6-14(13(16)8-12)18-11(3)4-7-15(20)17-9-19/h5-6,8-11,18H,4,7H2,1-3H3,(H,17,19,20). The fraction of sp³-hybridized carbons (Fsp3) is 0.467. The van der Waals surface area contributed by atoms with Crippen molar-refractivity contribution in [2.75, 3.05) is 5.32 Å². The number of rotatable bonds is 7. The summed E-state index contributed by atoms with van der Waals surface area (Å²) < 4.78 is 13.9. The predicted octanol–water partition coefficient (Wildman–Crippen LogP) is 2.80. The van der Waals surface area contributed by atoms with Crippen molar-refractivity contribution >= 4 is 18.0 Å². The molecule has 1 aromatic rings. The van der Waals surface area contributed by atoms with Gasteiger partial charge in [0, 0.05) is 12.5 Å². The van der Waals surface area contributed by atoms with Crippen LogP contribution in [-0.4, -0.2) is 18.4 Å². The molecule has 0 saturated heterocycles. The molecule has 0 aliphatic carbocycles. The lowest BCUT2D eigenvalue weighted by Gasteiger charge is -2.16. The Morgan fingerprint density at radius 1 is 1.35 bits per heavy atom. The molecular formula is C15H21FN2O2. The lowest BCUT2D eigenvalue weighted by molar-refractivity contribution is -0.125. The minimum absolute atomic E-state index is 0.0631. The van der Waals surface area contributed by atoms with Crippen LogP contribution < -0.4 is 10.6 Å². The van der Waals surface area contributed by atoms with E-state index in [9.17, 15) is 14.0 Å². The summed E-state index contributed by atoms with van der Waals surface area (Å²) in [6.45, 7) is 5.89. The van der Waals surface area contributed by atoms with Gasteiger partial charge < -0.3 is 5.32 Å². The molecule has 0 aliphatic heterocycles. The second-order valence-corrected chi connectivity index (χ2v) is 5.16. The Kier molecular flexibility index (Phi) is 6.15. The predicted molar refractivity (Wildman–Crippen MR) is 77.0 cm³/mol. The molecule has 0 spiro atoms. The number of halogens is 1. The van der Waals surface area contributed by atoms with Crippen LogP contribution in [0, 0.1) is 5.82 Å². The van der Waals surface area contributed by atoms with E-state index in [0.717, 1.165) is 5.56 Å². The van der Waals surface area contributed by atoms with Gasteiger partial charge in [0.05, 0.1) is 5.69 Å². The van der Waals surface area contributed by atoms with E-state index in [0.29, 0.717) is 18.5 Å². The molecule has 0 radical (unpaired) electrons. The summed E-state index contributed by atoms with van der Waals surface area (Å²) in [7, 11) is 0. The van der Waals surface area contributed by atoms with Crippen molar-refractivity contribution in [2.45, 2.75) is 45.6 Å². The van der Waals surface area contributed by atoms with Crippen molar-refractivity contribution in [3.8, 4) is 0 Å². The summed E-state index contributed by atoms with van der Waals surface area (Å²) in [6, 6.07) is 5.07. The van der Waals surface area contributed by atoms with Gasteiger partial charge in [-0.25, -0.2) is 4.39 Å². The second kappa shape index (κ2) is 7.62. The Hall–Kier alpha value is -1.91. The highest BCUT2D eigenvalue weighted by Crippen LogP contribution is 2.22. The van der Waals surface area contributed by atoms with Crippen LogP contribution in [0.3, 0.4) is 0 Å². The molecule has 1 aromatic carbocycles. The Balaban J connectivity index is 2.55. The molecule has 2 N–H and O–H groups in total. The van der Waals surface area contributed by atoms with E-state index < -0.39 is 0 Å². The first-order chi connectivity index (χ1) is 9.43. The van der Waals surface area contributed by atoms with Gasteiger partial charge in [-0.3, -0.25) is 14.9 Å². The molecule has 0 aromatic heterocycles. The van der Waals surface area contributed by atoms with E-state index in [1.807, 2.05) is 26.8 Å². The molecule has 0 aliphatic rings. The molecule has 0 heterocycles. The monoisotopic (exact) mass is 280 g/mol. The SMILES string of the molecule is CC(CCC(=O)NC=O)Nc1ccc(C(C)C)cc1F. The third kappa shape index (κ3) is 4.99. The normalized spacial score (nSPS) is 12.1. The van der Waals surface area contributed by atoms with E-state index in [-0.39, 0.29) is 30.1 Å². The Morgan fingerprint density at radius 3 is 2.60 bits per heavy atom. The summed E-state index contributed by atoms with van der Waals surface area (Å²) in [5.41, 5.74) is 1.38. The van der Waals surface area contributed by atoms with Crippen molar-refractivity contribution in [3.05, 3.63) is 29.6 Å². The molecule has 2 amide bonds. The average Bonchev–Trinajstić information content (AvgIpc) is 2.39. The van der Waals surface area contributed by atoms with Crippen molar-refractivity contribution in [2.24, 2.45) is 0 Å². The Labute approximate surface area is 118 Å². The molecule has 1 atom stereocenters. The summed E-state index contributed by atoms with van der Waals surface area (Å²) >= 11 is 0. The van der Waals surface area contributed by atoms with Gasteiger partial charge in [-0.05, 0) is 37.0 Å². The smallest absolute Gasteiger partial charge is 0.226 e. The quantitative estimate of drug-likeness (QED) is 0.755. The van der Waals surface area contributed by atoms with Crippen molar-refractivity contribution in [1.82, 2.24) is 5.32 Å². The molecule has 1 rings (SSSR count). The lowest BCUT2D eigenvalue weighted by Crippen LogP contribution is -2.24. The molecule has 1 unspecified atom stereocenters. The fourth-order valence-electron chi connectivity index (χ4n) is 1.83. The molecule has 4 nitrogen and oxygen atoms in total. The topological polar surface area (TPSA) is 58.2 Å². The first-order valence-electron chi connectivity index (χ1n) is 6.73. The third-order valence-electron chi connectivity index (χ3n) is 3.09. The maximum Gasteiger partial charge on any atom is 0.226 e. The number of nitrogens with one attached hydrogen (secondary N) is 2. The highest BCUT2D eigenvalue weighted by Gasteiger charge is 2.10. The summed E-state index contributed by atoms with van der Waals surface area (Å²) in [4.78, 5) is 21.2. The van der Waals surface area contributed by atoms with E-state index >= 15 is 0 Å². The average molecular weight is 280 g/mol. The number of carbonyl (C=O) groups excluding carboxylic acids is 2. The molecule has 0 saturated carbocycles. The van der Waals surface area contributed by atoms with Gasteiger partial charge in [-0.2, -0.15) is 0 Å². The van der Waals surface area contributed by atoms with Crippen LogP contribution in [0.25, 0.3) is 0 Å². The van der Waals surface area contributed by atoms with Gasteiger partial charge in [0.2, 0.25) is 12.3 Å². The minimum atomic E-state index is -0.329. The number of carbonyl (C=O) groups is 2. The number of hydrogen-bond donors (Lipinski definition) is 2. The number of anilines is 1. The highest BCUT2D eigenvalue weighted by atomic mass is 19.1. The zero-order valence-electron chi connectivity index (χ0n) is 12.1. The van der Waals surface area contributed by atoms with E-state index in [4.69, 9.17) is 0 Å². The number of benzene rings is 1. The fourth-order valence-corrected chi connectivity index (χ4v) is 1.83. The molecular weight excluding hydrogens is 259 g/mol. The zero-order valence-corrected chi connectivity index (χ0v) is 12.1. The Morgan fingerprint density at radius 2 is 2.05 bits per heavy atom. The van der Waals surface area contributed by atoms with Crippen LogP contribution in [0.2, 0.25) is 0 Å². The summed E-state index contributed by atoms with van der Waals surface area (Å²) in [5, 5.41) is 5.11. The van der Waals surface area contributed by atoms with Gasteiger partial charge in [0.25, 0.3) is 0 Å². The van der Waals surface area contributed by atoms with Crippen LogP contribution in [-0.2, 0) is 9.59 Å². The molecule has 5 heteroatoms. The first kappa shape index (κ1) is 16.1. The lowest BCUT2D eigenvalue weighted by atomic mass is 10.0. The van der Waals surface area contributed by atoms with E-state index in [1.54, 1.807) is 6.07 Å². The first-order valence-corrected chi connectivity index (χ1v) is 6.73. The summed E-state index contributed by atoms with van der Waals surface area (Å²) in [6.07, 6.45) is 1.11. The zero-order chi connectivity index (χ0) is 15.1. The molecule has 0 bridgehead atoms.